The van der Waals surface area contributed by atoms with E-state index in [0.717, 1.165) is 10.9 Å². The molecule has 0 saturated heterocycles. The zero-order valence-corrected chi connectivity index (χ0v) is 13.2. The van der Waals surface area contributed by atoms with Crippen LogP contribution in [0.3, 0.4) is 0 Å². The van der Waals surface area contributed by atoms with E-state index in [1.54, 1.807) is 0 Å². The van der Waals surface area contributed by atoms with Crippen LogP contribution in [-0.2, 0) is 4.79 Å². The molecule has 0 aliphatic rings. The molecule has 1 heterocycles. The van der Waals surface area contributed by atoms with Crippen molar-refractivity contribution in [3.63, 3.8) is 0 Å². The third kappa shape index (κ3) is 3.24. The smallest absolute Gasteiger partial charge is 0.339 e. The van der Waals surface area contributed by atoms with Gasteiger partial charge in [0, 0.05) is 40.7 Å². The molecule has 1 aromatic heterocycles. The number of nitrogens with one attached hydrogen (secondary N) is 2. The summed E-state index contributed by atoms with van der Waals surface area (Å²) in [6, 6.07) is 7.93. The van der Waals surface area contributed by atoms with Crippen molar-refractivity contribution < 1.29 is 9.90 Å². The second kappa shape index (κ2) is 6.36. The monoisotopic (exact) mass is 310 g/mol. The van der Waals surface area contributed by atoms with Crippen LogP contribution in [0.4, 0.5) is 5.69 Å². The van der Waals surface area contributed by atoms with E-state index >= 15 is 0 Å². The second-order valence-electron chi connectivity index (χ2n) is 5.52. The van der Waals surface area contributed by atoms with Gasteiger partial charge in [0.15, 0.2) is 0 Å². The van der Waals surface area contributed by atoms with Crippen LogP contribution in [0.1, 0.15) is 32.4 Å². The lowest BCUT2D eigenvalue weighted by molar-refractivity contribution is -0.132. The summed E-state index contributed by atoms with van der Waals surface area (Å²) < 4.78 is 2.03. The van der Waals surface area contributed by atoms with E-state index in [1.165, 1.54) is 13.1 Å². The van der Waals surface area contributed by atoms with Gasteiger partial charge in [0.05, 0.1) is 11.1 Å². The maximum absolute atomic E-state index is 11.1. The fourth-order valence-corrected chi connectivity index (χ4v) is 2.35. The Labute approximate surface area is 134 Å². The van der Waals surface area contributed by atoms with Crippen molar-refractivity contribution in [2.75, 3.05) is 5.32 Å². The summed E-state index contributed by atoms with van der Waals surface area (Å²) in [4.78, 5) is 11.1. The van der Waals surface area contributed by atoms with E-state index in [2.05, 4.69) is 11.4 Å². The molecule has 6 heteroatoms. The van der Waals surface area contributed by atoms with Crippen LogP contribution >= 0.6 is 0 Å². The SMILES string of the molecule is CC(=N)/C(=C\Nc1ccc2c(c1)c(C#N)cn2C(C)C)C(=O)O. The number of nitrogens with zero attached hydrogens (tertiary/aromatic N) is 2. The van der Waals surface area contributed by atoms with Gasteiger partial charge in [-0.2, -0.15) is 5.26 Å². The molecule has 3 N–H and O–H groups in total. The van der Waals surface area contributed by atoms with Crippen LogP contribution in [0.15, 0.2) is 36.2 Å². The molecular formula is C17H18N4O2. The number of aromatic nitrogens is 1. The summed E-state index contributed by atoms with van der Waals surface area (Å²) in [5.74, 6) is -1.16. The Bertz CT molecular complexity index is 837. The number of hydrogen-bond acceptors (Lipinski definition) is 4. The normalized spacial score (nSPS) is 11.5. The summed E-state index contributed by atoms with van der Waals surface area (Å²) in [7, 11) is 0. The molecule has 0 fully saturated rings. The van der Waals surface area contributed by atoms with Gasteiger partial charge in [0.1, 0.15) is 6.07 Å². The summed E-state index contributed by atoms with van der Waals surface area (Å²) in [5.41, 5.74) is 2.05. The first kappa shape index (κ1) is 16.3. The van der Waals surface area contributed by atoms with Crippen molar-refractivity contribution in [3.8, 4) is 6.07 Å². The van der Waals surface area contributed by atoms with Crippen LogP contribution in [0.2, 0.25) is 0 Å². The maximum Gasteiger partial charge on any atom is 0.339 e. The van der Waals surface area contributed by atoms with Crippen LogP contribution in [-0.4, -0.2) is 21.4 Å². The number of hydrogen-bond donors (Lipinski definition) is 3. The molecule has 0 radical (unpaired) electrons. The number of carboxylic acids is 1. The summed E-state index contributed by atoms with van der Waals surface area (Å²) in [6.45, 7) is 5.50. The van der Waals surface area contributed by atoms with Gasteiger partial charge < -0.3 is 20.4 Å². The van der Waals surface area contributed by atoms with Gasteiger partial charge in [-0.1, -0.05) is 0 Å². The highest BCUT2D eigenvalue weighted by Crippen LogP contribution is 2.27. The van der Waals surface area contributed by atoms with Gasteiger partial charge in [0.2, 0.25) is 0 Å². The molecule has 2 rings (SSSR count). The minimum atomic E-state index is -1.16. The predicted molar refractivity (Wildman–Crippen MR) is 89.8 cm³/mol. The highest BCUT2D eigenvalue weighted by molar-refractivity contribution is 6.17. The molecular weight excluding hydrogens is 292 g/mol. The van der Waals surface area contributed by atoms with Crippen LogP contribution in [0, 0.1) is 16.7 Å². The Kier molecular flexibility index (Phi) is 4.51. The van der Waals surface area contributed by atoms with Gasteiger partial charge in [-0.3, -0.25) is 0 Å². The predicted octanol–water partition coefficient (Wildman–Crippen LogP) is 3.51. The van der Waals surface area contributed by atoms with Gasteiger partial charge in [-0.25, -0.2) is 4.79 Å². The zero-order chi connectivity index (χ0) is 17.1. The molecule has 0 amide bonds. The fourth-order valence-electron chi connectivity index (χ4n) is 2.35. The van der Waals surface area contributed by atoms with E-state index in [0.29, 0.717) is 11.3 Å². The largest absolute Gasteiger partial charge is 0.478 e. The number of fused-ring (bicyclic) bond motifs is 1. The number of carbonyl (C=O) groups is 1. The highest BCUT2D eigenvalue weighted by Gasteiger charge is 2.12. The van der Waals surface area contributed by atoms with Crippen LogP contribution in [0.25, 0.3) is 10.9 Å². The molecule has 1 aromatic carbocycles. The molecule has 6 nitrogen and oxygen atoms in total. The number of nitriles is 1. The standard InChI is InChI=1S/C17H18N4O2/c1-10(2)21-9-12(7-18)14-6-13(4-5-16(14)21)20-8-15(11(3)19)17(22)23/h4-6,8-10,19-20H,1-3H3,(H,22,23)/b15-8+,19-11?. The number of carboxylic acid groups (broad SMARTS) is 1. The lowest BCUT2D eigenvalue weighted by Crippen LogP contribution is -2.10. The molecule has 0 aliphatic heterocycles. The molecule has 0 atom stereocenters. The average Bonchev–Trinajstić information content (AvgIpc) is 2.84. The van der Waals surface area contributed by atoms with E-state index in [9.17, 15) is 10.1 Å². The van der Waals surface area contributed by atoms with Crippen molar-refractivity contribution >= 4 is 28.3 Å². The van der Waals surface area contributed by atoms with Crippen molar-refractivity contribution in [2.24, 2.45) is 0 Å². The summed E-state index contributed by atoms with van der Waals surface area (Å²) >= 11 is 0. The molecule has 2 aromatic rings. The molecule has 0 bridgehead atoms. The summed E-state index contributed by atoms with van der Waals surface area (Å²) in [5, 5.41) is 29.5. The lowest BCUT2D eigenvalue weighted by Gasteiger charge is -2.09. The van der Waals surface area contributed by atoms with Crippen molar-refractivity contribution in [1.82, 2.24) is 4.57 Å². The second-order valence-corrected chi connectivity index (χ2v) is 5.52. The summed E-state index contributed by atoms with van der Waals surface area (Å²) in [6.07, 6.45) is 3.11. The maximum atomic E-state index is 11.1. The van der Waals surface area contributed by atoms with Crippen molar-refractivity contribution in [2.45, 2.75) is 26.8 Å². The van der Waals surface area contributed by atoms with Crippen molar-refractivity contribution in [3.05, 3.63) is 41.7 Å². The number of anilines is 1. The third-order valence-corrected chi connectivity index (χ3v) is 3.53. The number of rotatable bonds is 5. The molecule has 0 saturated carbocycles. The quantitative estimate of drug-likeness (QED) is 0.581. The van der Waals surface area contributed by atoms with E-state index in [1.807, 2.05) is 42.8 Å². The van der Waals surface area contributed by atoms with Gasteiger partial charge >= 0.3 is 5.97 Å². The van der Waals surface area contributed by atoms with Gasteiger partial charge in [-0.05, 0) is 39.0 Å². The molecule has 23 heavy (non-hydrogen) atoms. The lowest BCUT2D eigenvalue weighted by atomic mass is 10.1. The van der Waals surface area contributed by atoms with Crippen LogP contribution in [0.5, 0.6) is 0 Å². The Balaban J connectivity index is 2.45. The van der Waals surface area contributed by atoms with Crippen molar-refractivity contribution in [1.29, 1.82) is 10.7 Å². The number of benzene rings is 1. The third-order valence-electron chi connectivity index (χ3n) is 3.53. The molecule has 118 valence electrons. The van der Waals surface area contributed by atoms with Gasteiger partial charge in [0.25, 0.3) is 0 Å². The highest BCUT2D eigenvalue weighted by atomic mass is 16.4. The fraction of sp³-hybridized carbons (Fsp3) is 0.235. The first-order valence-electron chi connectivity index (χ1n) is 7.15. The van der Waals surface area contributed by atoms with E-state index < -0.39 is 5.97 Å². The molecule has 0 spiro atoms. The van der Waals surface area contributed by atoms with E-state index in [-0.39, 0.29) is 17.3 Å². The Hall–Kier alpha value is -3.07. The minimum absolute atomic E-state index is 0.0326. The molecule has 0 unspecified atom stereocenters. The zero-order valence-electron chi connectivity index (χ0n) is 13.2. The topological polar surface area (TPSA) is 102 Å². The van der Waals surface area contributed by atoms with Crippen LogP contribution < -0.4 is 5.32 Å². The first-order valence-corrected chi connectivity index (χ1v) is 7.15. The Morgan fingerprint density at radius 1 is 1.48 bits per heavy atom. The Morgan fingerprint density at radius 3 is 2.70 bits per heavy atom. The van der Waals surface area contributed by atoms with Gasteiger partial charge in [-0.15, -0.1) is 0 Å². The Morgan fingerprint density at radius 2 is 2.17 bits per heavy atom. The molecule has 0 aliphatic carbocycles. The number of aliphatic carboxylic acids is 1. The first-order chi connectivity index (χ1) is 10.8. The minimum Gasteiger partial charge on any atom is -0.478 e. The average molecular weight is 310 g/mol. The van der Waals surface area contributed by atoms with E-state index in [4.69, 9.17) is 10.5 Å².